The first-order valence-corrected chi connectivity index (χ1v) is 7.08. The largest absolute Gasteiger partial charge is 0.330 e. The summed E-state index contributed by atoms with van der Waals surface area (Å²) < 4.78 is 1.83. The molecule has 1 aliphatic heterocycles. The third-order valence-corrected chi connectivity index (χ3v) is 4.08. The number of aromatic nitrogens is 3. The molecule has 1 atom stereocenters. The third-order valence-electron chi connectivity index (χ3n) is 4.08. The molecule has 0 saturated carbocycles. The van der Waals surface area contributed by atoms with Crippen LogP contribution < -0.4 is 5.73 Å². The van der Waals surface area contributed by atoms with Crippen LogP contribution in [0.2, 0.25) is 0 Å². The highest BCUT2D eigenvalue weighted by Crippen LogP contribution is 2.29. The van der Waals surface area contributed by atoms with E-state index in [2.05, 4.69) is 22.1 Å². The lowest BCUT2D eigenvalue weighted by Gasteiger charge is -2.21. The summed E-state index contributed by atoms with van der Waals surface area (Å²) in [6, 6.07) is 10.1. The van der Waals surface area contributed by atoms with Crippen LogP contribution >= 0.6 is 0 Å². The van der Waals surface area contributed by atoms with Crippen molar-refractivity contribution in [1.82, 2.24) is 19.9 Å². The molecule has 1 unspecified atom stereocenters. The van der Waals surface area contributed by atoms with Crippen molar-refractivity contribution in [2.45, 2.75) is 19.9 Å². The van der Waals surface area contributed by atoms with Gasteiger partial charge in [0.1, 0.15) is 0 Å². The van der Waals surface area contributed by atoms with Gasteiger partial charge >= 0.3 is 0 Å². The Morgan fingerprint density at radius 3 is 2.80 bits per heavy atom. The van der Waals surface area contributed by atoms with E-state index in [1.165, 1.54) is 0 Å². The van der Waals surface area contributed by atoms with E-state index in [0.717, 1.165) is 44.0 Å². The summed E-state index contributed by atoms with van der Waals surface area (Å²) >= 11 is 0. The first-order valence-electron chi connectivity index (χ1n) is 7.08. The van der Waals surface area contributed by atoms with Gasteiger partial charge in [-0.1, -0.05) is 30.3 Å². The maximum Gasteiger partial charge on any atom is 0.0971 e. The molecule has 0 aliphatic carbocycles. The lowest BCUT2D eigenvalue weighted by atomic mass is 9.90. The molecule has 2 aromatic rings. The molecule has 1 fully saturated rings. The summed E-state index contributed by atoms with van der Waals surface area (Å²) in [5, 5.41) is 8.47. The Morgan fingerprint density at radius 2 is 2.10 bits per heavy atom. The smallest absolute Gasteiger partial charge is 0.0971 e. The summed E-state index contributed by atoms with van der Waals surface area (Å²) in [5.74, 6) is 0. The first-order chi connectivity index (χ1) is 9.68. The standard InChI is InChI=1S/C15H21N5/c1-15(11-16)7-8-19(12-15)9-13-10-20(18-17-13)14-5-3-2-4-6-14/h2-6,10H,7-9,11-12,16H2,1H3. The average molecular weight is 271 g/mol. The van der Waals surface area contributed by atoms with Crippen LogP contribution in [0.5, 0.6) is 0 Å². The molecule has 0 spiro atoms. The van der Waals surface area contributed by atoms with E-state index in [-0.39, 0.29) is 5.41 Å². The van der Waals surface area contributed by atoms with E-state index in [1.807, 2.05) is 41.2 Å². The summed E-state index contributed by atoms with van der Waals surface area (Å²) in [6.07, 6.45) is 3.17. The van der Waals surface area contributed by atoms with E-state index in [0.29, 0.717) is 0 Å². The van der Waals surface area contributed by atoms with Gasteiger partial charge in [0, 0.05) is 13.1 Å². The van der Waals surface area contributed by atoms with Gasteiger partial charge in [-0.15, -0.1) is 5.10 Å². The molecule has 2 heterocycles. The van der Waals surface area contributed by atoms with Crippen LogP contribution in [0.1, 0.15) is 19.0 Å². The van der Waals surface area contributed by atoms with E-state index in [9.17, 15) is 0 Å². The maximum absolute atomic E-state index is 5.85. The van der Waals surface area contributed by atoms with E-state index < -0.39 is 0 Å². The van der Waals surface area contributed by atoms with Crippen molar-refractivity contribution in [2.75, 3.05) is 19.6 Å². The number of likely N-dealkylation sites (tertiary alicyclic amines) is 1. The summed E-state index contributed by atoms with van der Waals surface area (Å²) in [7, 11) is 0. The molecule has 0 radical (unpaired) electrons. The molecule has 0 bridgehead atoms. The Hall–Kier alpha value is -1.72. The minimum Gasteiger partial charge on any atom is -0.330 e. The van der Waals surface area contributed by atoms with Crippen molar-refractivity contribution in [1.29, 1.82) is 0 Å². The van der Waals surface area contributed by atoms with Crippen molar-refractivity contribution in [2.24, 2.45) is 11.1 Å². The highest BCUT2D eigenvalue weighted by Gasteiger charge is 2.32. The Balaban J connectivity index is 1.67. The van der Waals surface area contributed by atoms with Gasteiger partial charge in [0.05, 0.1) is 17.6 Å². The topological polar surface area (TPSA) is 60.0 Å². The fraction of sp³-hybridized carbons (Fsp3) is 0.467. The fourth-order valence-electron chi connectivity index (χ4n) is 2.73. The zero-order valence-electron chi connectivity index (χ0n) is 11.9. The molecule has 1 saturated heterocycles. The second-order valence-corrected chi connectivity index (χ2v) is 5.97. The fourth-order valence-corrected chi connectivity index (χ4v) is 2.73. The van der Waals surface area contributed by atoms with Gasteiger partial charge in [-0.2, -0.15) is 0 Å². The molecule has 1 aromatic heterocycles. The molecule has 5 heteroatoms. The van der Waals surface area contributed by atoms with Crippen LogP contribution in [0.3, 0.4) is 0 Å². The molecule has 106 valence electrons. The quantitative estimate of drug-likeness (QED) is 0.914. The third kappa shape index (κ3) is 2.73. The van der Waals surface area contributed by atoms with Crippen molar-refractivity contribution in [3.05, 3.63) is 42.2 Å². The van der Waals surface area contributed by atoms with Gasteiger partial charge in [0.15, 0.2) is 0 Å². The molecule has 1 aromatic carbocycles. The SMILES string of the molecule is CC1(CN)CCN(Cc2cn(-c3ccccc3)nn2)C1. The van der Waals surface area contributed by atoms with E-state index >= 15 is 0 Å². The monoisotopic (exact) mass is 271 g/mol. The van der Waals surface area contributed by atoms with Crippen molar-refractivity contribution in [3.8, 4) is 5.69 Å². The maximum atomic E-state index is 5.85. The molecule has 2 N–H and O–H groups in total. The van der Waals surface area contributed by atoms with Crippen LogP contribution in [0, 0.1) is 5.41 Å². The van der Waals surface area contributed by atoms with Crippen LogP contribution in [0.4, 0.5) is 0 Å². The minimum absolute atomic E-state index is 0.259. The van der Waals surface area contributed by atoms with Gasteiger partial charge < -0.3 is 5.73 Å². The molecule has 0 amide bonds. The van der Waals surface area contributed by atoms with Crippen molar-refractivity contribution < 1.29 is 0 Å². The van der Waals surface area contributed by atoms with Crippen LogP contribution in [-0.4, -0.2) is 39.5 Å². The summed E-state index contributed by atoms with van der Waals surface area (Å²) in [5.41, 5.74) is 8.15. The molecular weight excluding hydrogens is 250 g/mol. The number of nitrogens with zero attached hydrogens (tertiary/aromatic N) is 4. The minimum atomic E-state index is 0.259. The summed E-state index contributed by atoms with van der Waals surface area (Å²) in [6.45, 7) is 5.99. The first kappa shape index (κ1) is 13.3. The molecule has 1 aliphatic rings. The number of para-hydroxylation sites is 1. The highest BCUT2D eigenvalue weighted by atomic mass is 15.4. The normalized spacial score (nSPS) is 23.3. The lowest BCUT2D eigenvalue weighted by molar-refractivity contribution is 0.272. The van der Waals surface area contributed by atoms with Gasteiger partial charge in [-0.05, 0) is 37.1 Å². The van der Waals surface area contributed by atoms with E-state index in [4.69, 9.17) is 5.73 Å². The molecule has 5 nitrogen and oxygen atoms in total. The van der Waals surface area contributed by atoms with Gasteiger partial charge in [-0.3, -0.25) is 4.90 Å². The van der Waals surface area contributed by atoms with Crippen LogP contribution in [0.15, 0.2) is 36.5 Å². The predicted molar refractivity (Wildman–Crippen MR) is 78.4 cm³/mol. The predicted octanol–water partition coefficient (Wildman–Crippen LogP) is 1.44. The van der Waals surface area contributed by atoms with Crippen molar-refractivity contribution >= 4 is 0 Å². The average Bonchev–Trinajstić information content (AvgIpc) is 3.08. The summed E-state index contributed by atoms with van der Waals surface area (Å²) in [4.78, 5) is 2.41. The highest BCUT2D eigenvalue weighted by molar-refractivity contribution is 5.29. The second kappa shape index (κ2) is 5.34. The molecular formula is C15H21N5. The molecule has 20 heavy (non-hydrogen) atoms. The second-order valence-electron chi connectivity index (χ2n) is 5.97. The Labute approximate surface area is 119 Å². The lowest BCUT2D eigenvalue weighted by Crippen LogP contribution is -2.31. The van der Waals surface area contributed by atoms with Gasteiger partial charge in [0.2, 0.25) is 0 Å². The number of benzene rings is 1. The van der Waals surface area contributed by atoms with Crippen LogP contribution in [0.25, 0.3) is 5.69 Å². The molecule has 3 rings (SSSR count). The van der Waals surface area contributed by atoms with Gasteiger partial charge in [-0.25, -0.2) is 4.68 Å². The number of hydrogen-bond donors (Lipinski definition) is 1. The zero-order valence-corrected chi connectivity index (χ0v) is 11.9. The van der Waals surface area contributed by atoms with Crippen LogP contribution in [-0.2, 0) is 6.54 Å². The zero-order chi connectivity index (χ0) is 14.0. The Morgan fingerprint density at radius 1 is 1.30 bits per heavy atom. The number of rotatable bonds is 4. The van der Waals surface area contributed by atoms with Crippen molar-refractivity contribution in [3.63, 3.8) is 0 Å². The number of nitrogens with two attached hydrogens (primary N) is 1. The number of hydrogen-bond acceptors (Lipinski definition) is 4. The van der Waals surface area contributed by atoms with Gasteiger partial charge in [0.25, 0.3) is 0 Å². The Bertz CT molecular complexity index is 565. The van der Waals surface area contributed by atoms with E-state index in [1.54, 1.807) is 0 Å². The Kier molecular flexibility index (Phi) is 3.54.